The van der Waals surface area contributed by atoms with Gasteiger partial charge in [0.15, 0.2) is 6.10 Å². The van der Waals surface area contributed by atoms with Crippen molar-refractivity contribution in [1.29, 1.82) is 0 Å². The summed E-state index contributed by atoms with van der Waals surface area (Å²) in [5.74, 6) is -2.79. The summed E-state index contributed by atoms with van der Waals surface area (Å²) >= 11 is 0. The molecule has 13 nitrogen and oxygen atoms in total. The van der Waals surface area contributed by atoms with E-state index in [9.17, 15) is 34.1 Å². The molecule has 0 aliphatic heterocycles. The van der Waals surface area contributed by atoms with E-state index in [0.29, 0.717) is 19.3 Å². The minimum atomic E-state index is -4.82. The van der Waals surface area contributed by atoms with E-state index in [2.05, 4.69) is 85.2 Å². The van der Waals surface area contributed by atoms with E-state index in [0.717, 1.165) is 44.9 Å². The molecule has 340 valence electrons. The summed E-state index contributed by atoms with van der Waals surface area (Å²) in [4.78, 5) is 46.0. The van der Waals surface area contributed by atoms with Crippen LogP contribution in [0.4, 0.5) is 0 Å². The van der Waals surface area contributed by atoms with Crippen molar-refractivity contribution in [1.82, 2.24) is 0 Å². The molecule has 3 unspecified atom stereocenters. The largest absolute Gasteiger partial charge is 0.480 e. The molecule has 0 aromatic heterocycles. The Morgan fingerprint density at radius 2 is 1.08 bits per heavy atom. The van der Waals surface area contributed by atoms with Crippen LogP contribution in [-0.2, 0) is 37.5 Å². The summed E-state index contributed by atoms with van der Waals surface area (Å²) in [6.45, 7) is 2.28. The summed E-state index contributed by atoms with van der Waals surface area (Å²) in [5, 5.41) is 29.6. The molecule has 0 fully saturated rings. The van der Waals surface area contributed by atoms with Gasteiger partial charge in [0.05, 0.1) is 25.4 Å². The fraction of sp³-hybridized carbons (Fsp3) is 0.587. The summed E-state index contributed by atoms with van der Waals surface area (Å²) < 4.78 is 32.4. The molecule has 0 rings (SSSR count). The topological polar surface area (TPSA) is 212 Å². The maximum atomic E-state index is 12.7. The highest BCUT2D eigenvalue weighted by Crippen LogP contribution is 2.43. The first kappa shape index (κ1) is 56.3. The molecular weight excluding hydrogens is 789 g/mol. The number of hydrogen-bond acceptors (Lipinski definition) is 11. The SMILES string of the molecule is CC/C=C\C/C=C\C/C=C\C/C=C\C/C=C\CCCC(=O)OC[C@H](COP(=O)(O)OC[C@H](N)C(=O)O)OC(=O)CCCC(O)C(O)C/C=C\C/C=C\C/C=C\CCCCC. The van der Waals surface area contributed by atoms with Crippen LogP contribution in [0.25, 0.3) is 0 Å². The van der Waals surface area contributed by atoms with Gasteiger partial charge in [0.2, 0.25) is 0 Å². The normalized spacial score (nSPS) is 15.7. The van der Waals surface area contributed by atoms with Crippen molar-refractivity contribution in [2.45, 2.75) is 154 Å². The highest BCUT2D eigenvalue weighted by molar-refractivity contribution is 7.47. The van der Waals surface area contributed by atoms with Gasteiger partial charge >= 0.3 is 25.7 Å². The number of carboxylic acids is 1. The minimum Gasteiger partial charge on any atom is -0.480 e. The first-order chi connectivity index (χ1) is 28.9. The van der Waals surface area contributed by atoms with Crippen LogP contribution in [0.5, 0.6) is 0 Å². The van der Waals surface area contributed by atoms with Crippen LogP contribution in [0.2, 0.25) is 0 Å². The third-order valence-electron chi connectivity index (χ3n) is 8.52. The van der Waals surface area contributed by atoms with Crippen molar-refractivity contribution in [3.05, 3.63) is 97.2 Å². The standard InChI is InChI=1S/C46H74NO12P/c1-3-5-7-9-11-13-15-17-18-19-20-21-23-25-27-29-31-35-44(50)56-37-40(38-57-60(54,55)58-39-41(47)46(52)53)59-45(51)36-32-34-43(49)42(48)33-30-28-26-24-22-16-14-12-10-8-6-4-2/h5,7,11-14,17-18,20-22,24-25,27-28,30,40-43,48-49H,3-4,6,8-10,15-16,19,23,26,29,31-39,47H2,1-2H3,(H,52,53)(H,54,55)/b7-5-,13-11-,14-12-,18-17-,21-20-,24-22-,27-25-,30-28-/t40-,41+,42?,43?/m1/s1. The van der Waals surface area contributed by atoms with Crippen LogP contribution < -0.4 is 5.73 Å². The average Bonchev–Trinajstić information content (AvgIpc) is 3.22. The van der Waals surface area contributed by atoms with Gasteiger partial charge in [-0.25, -0.2) is 4.57 Å². The van der Waals surface area contributed by atoms with Gasteiger partial charge < -0.3 is 35.4 Å². The molecule has 0 aliphatic rings. The lowest BCUT2D eigenvalue weighted by atomic mass is 10.0. The number of unbranched alkanes of at least 4 members (excludes halogenated alkanes) is 4. The van der Waals surface area contributed by atoms with E-state index in [1.165, 1.54) is 19.3 Å². The predicted octanol–water partition coefficient (Wildman–Crippen LogP) is 9.22. The number of phosphoric acid groups is 1. The van der Waals surface area contributed by atoms with E-state index in [-0.39, 0.29) is 32.1 Å². The van der Waals surface area contributed by atoms with Gasteiger partial charge in [-0.1, -0.05) is 124 Å². The van der Waals surface area contributed by atoms with Crippen molar-refractivity contribution in [3.8, 4) is 0 Å². The Hall–Kier alpha value is -3.68. The van der Waals surface area contributed by atoms with E-state index in [1.807, 2.05) is 24.3 Å². The second-order valence-corrected chi connectivity index (χ2v) is 15.5. The van der Waals surface area contributed by atoms with Crippen molar-refractivity contribution < 1.29 is 57.7 Å². The maximum Gasteiger partial charge on any atom is 0.472 e. The Morgan fingerprint density at radius 1 is 0.600 bits per heavy atom. The lowest BCUT2D eigenvalue weighted by molar-refractivity contribution is -0.161. The van der Waals surface area contributed by atoms with Gasteiger partial charge in [-0.2, -0.15) is 0 Å². The molecule has 5 atom stereocenters. The molecule has 0 heterocycles. The zero-order valence-electron chi connectivity index (χ0n) is 36.0. The van der Waals surface area contributed by atoms with Crippen LogP contribution in [0.15, 0.2) is 97.2 Å². The van der Waals surface area contributed by atoms with Gasteiger partial charge in [0.1, 0.15) is 12.6 Å². The number of carbonyl (C=O) groups excluding carboxylic acids is 2. The van der Waals surface area contributed by atoms with Gasteiger partial charge in [0, 0.05) is 12.8 Å². The Morgan fingerprint density at radius 3 is 1.62 bits per heavy atom. The number of phosphoric ester groups is 1. The molecular formula is C46H74NO12P. The maximum absolute atomic E-state index is 12.7. The molecule has 6 N–H and O–H groups in total. The number of rotatable bonds is 38. The van der Waals surface area contributed by atoms with E-state index < -0.39 is 69.9 Å². The quantitative estimate of drug-likeness (QED) is 0.0170. The molecule has 14 heteroatoms. The number of hydrogen-bond donors (Lipinski definition) is 5. The highest BCUT2D eigenvalue weighted by Gasteiger charge is 2.28. The number of aliphatic carboxylic acids is 1. The van der Waals surface area contributed by atoms with Crippen molar-refractivity contribution in [2.75, 3.05) is 19.8 Å². The fourth-order valence-corrected chi connectivity index (χ4v) is 5.80. The molecule has 0 amide bonds. The molecule has 0 aromatic carbocycles. The molecule has 60 heavy (non-hydrogen) atoms. The van der Waals surface area contributed by atoms with Crippen molar-refractivity contribution in [3.63, 3.8) is 0 Å². The molecule has 0 radical (unpaired) electrons. The number of esters is 2. The van der Waals surface area contributed by atoms with Crippen molar-refractivity contribution in [2.24, 2.45) is 5.73 Å². The number of carbonyl (C=O) groups is 3. The summed E-state index contributed by atoms with van der Waals surface area (Å²) in [5.41, 5.74) is 5.31. The number of nitrogens with two attached hydrogens (primary N) is 1. The fourth-order valence-electron chi connectivity index (χ4n) is 5.02. The highest BCUT2D eigenvalue weighted by atomic mass is 31.2. The molecule has 0 aromatic rings. The molecule has 0 aliphatic carbocycles. The smallest absolute Gasteiger partial charge is 0.472 e. The number of ether oxygens (including phenoxy) is 2. The molecule has 0 spiro atoms. The van der Waals surface area contributed by atoms with Crippen LogP contribution in [0.3, 0.4) is 0 Å². The number of allylic oxidation sites excluding steroid dienone is 15. The van der Waals surface area contributed by atoms with Gasteiger partial charge in [-0.3, -0.25) is 23.4 Å². The number of aliphatic hydroxyl groups is 2. The Bertz CT molecular complexity index is 1420. The second kappa shape index (κ2) is 39.5. The zero-order chi connectivity index (χ0) is 44.5. The van der Waals surface area contributed by atoms with Gasteiger partial charge in [-0.15, -0.1) is 0 Å². The van der Waals surface area contributed by atoms with Crippen LogP contribution in [-0.4, -0.2) is 82.3 Å². The third kappa shape index (κ3) is 37.3. The van der Waals surface area contributed by atoms with Crippen LogP contribution in [0.1, 0.15) is 129 Å². The van der Waals surface area contributed by atoms with E-state index in [4.69, 9.17) is 24.8 Å². The number of aliphatic hydroxyl groups excluding tert-OH is 2. The first-order valence-corrected chi connectivity index (χ1v) is 22.9. The lowest BCUT2D eigenvalue weighted by Gasteiger charge is -2.20. The Kier molecular flexibility index (Phi) is 37.0. The minimum absolute atomic E-state index is 0.0769. The summed E-state index contributed by atoms with van der Waals surface area (Å²) in [6, 6.07) is -1.58. The van der Waals surface area contributed by atoms with Crippen LogP contribution >= 0.6 is 7.82 Å². The monoisotopic (exact) mass is 863 g/mol. The third-order valence-corrected chi connectivity index (χ3v) is 9.47. The van der Waals surface area contributed by atoms with E-state index >= 15 is 0 Å². The zero-order valence-corrected chi connectivity index (χ0v) is 36.9. The van der Waals surface area contributed by atoms with Crippen molar-refractivity contribution >= 4 is 25.7 Å². The van der Waals surface area contributed by atoms with Crippen LogP contribution in [0, 0.1) is 0 Å². The number of carboxylic acid groups (broad SMARTS) is 1. The first-order valence-electron chi connectivity index (χ1n) is 21.4. The summed E-state index contributed by atoms with van der Waals surface area (Å²) in [6.07, 6.45) is 42.2. The lowest BCUT2D eigenvalue weighted by Crippen LogP contribution is -2.34. The molecule has 0 saturated heterocycles. The molecule has 0 saturated carbocycles. The Balaban J connectivity index is 4.74. The predicted molar refractivity (Wildman–Crippen MR) is 238 cm³/mol. The molecule has 0 bridgehead atoms. The average molecular weight is 864 g/mol. The van der Waals surface area contributed by atoms with E-state index in [1.54, 1.807) is 6.08 Å². The van der Waals surface area contributed by atoms with Gasteiger partial charge in [0.25, 0.3) is 0 Å². The van der Waals surface area contributed by atoms with Gasteiger partial charge in [-0.05, 0) is 89.9 Å². The summed E-state index contributed by atoms with van der Waals surface area (Å²) in [7, 11) is -4.82. The second-order valence-electron chi connectivity index (χ2n) is 14.0. The Labute approximate surface area is 359 Å².